The van der Waals surface area contributed by atoms with E-state index in [1.54, 1.807) is 11.3 Å². The minimum absolute atomic E-state index is 0.0475. The van der Waals surface area contributed by atoms with Gasteiger partial charge in [0.15, 0.2) is 5.16 Å². The minimum Gasteiger partial charge on any atom is -0.481 e. The van der Waals surface area contributed by atoms with Crippen LogP contribution in [0.2, 0.25) is 0 Å². The zero-order valence-corrected chi connectivity index (χ0v) is 13.2. The lowest BCUT2D eigenvalue weighted by Crippen LogP contribution is -2.12. The number of carboxylic acid groups (broad SMARTS) is 1. The molecule has 0 aliphatic carbocycles. The first kappa shape index (κ1) is 15.1. The Morgan fingerprint density at radius 1 is 1.60 bits per heavy atom. The van der Waals surface area contributed by atoms with Gasteiger partial charge in [0.2, 0.25) is 0 Å². The summed E-state index contributed by atoms with van der Waals surface area (Å²) in [6, 6.07) is 4.47. The Hall–Kier alpha value is -1.27. The van der Waals surface area contributed by atoms with Crippen LogP contribution in [-0.4, -0.2) is 26.4 Å². The first-order valence-electron chi connectivity index (χ1n) is 6.54. The Labute approximate surface area is 126 Å². The van der Waals surface area contributed by atoms with Gasteiger partial charge in [-0.05, 0) is 24.8 Å². The van der Waals surface area contributed by atoms with Crippen molar-refractivity contribution in [1.29, 1.82) is 0 Å². The van der Waals surface area contributed by atoms with Gasteiger partial charge in [-0.2, -0.15) is 0 Å². The van der Waals surface area contributed by atoms with E-state index in [1.165, 1.54) is 16.6 Å². The second-order valence-corrected chi connectivity index (χ2v) is 6.55. The summed E-state index contributed by atoms with van der Waals surface area (Å²) >= 11 is 3.04. The number of aromatic nitrogens is 2. The summed E-state index contributed by atoms with van der Waals surface area (Å²) in [5, 5.41) is 11.7. The van der Waals surface area contributed by atoms with Gasteiger partial charge < -0.3 is 9.67 Å². The van der Waals surface area contributed by atoms with Crippen LogP contribution in [0.25, 0.3) is 0 Å². The zero-order chi connectivity index (χ0) is 14.5. The van der Waals surface area contributed by atoms with Crippen LogP contribution in [0.15, 0.2) is 28.9 Å². The summed E-state index contributed by atoms with van der Waals surface area (Å²) in [6.07, 6.45) is 3.70. The molecule has 20 heavy (non-hydrogen) atoms. The number of imidazole rings is 1. The summed E-state index contributed by atoms with van der Waals surface area (Å²) in [4.78, 5) is 16.4. The van der Waals surface area contributed by atoms with Crippen molar-refractivity contribution in [2.75, 3.05) is 5.75 Å². The number of hydrogen-bond acceptors (Lipinski definition) is 4. The molecule has 0 bridgehead atoms. The van der Waals surface area contributed by atoms with Crippen molar-refractivity contribution in [2.24, 2.45) is 0 Å². The van der Waals surface area contributed by atoms with Crippen LogP contribution in [0.1, 0.15) is 30.5 Å². The van der Waals surface area contributed by atoms with Gasteiger partial charge in [-0.1, -0.05) is 24.8 Å². The van der Waals surface area contributed by atoms with E-state index in [0.29, 0.717) is 0 Å². The van der Waals surface area contributed by atoms with Crippen LogP contribution in [-0.2, 0) is 17.6 Å². The lowest BCUT2D eigenvalue weighted by Gasteiger charge is -2.18. The van der Waals surface area contributed by atoms with Crippen LogP contribution >= 0.6 is 23.1 Å². The smallest absolute Gasteiger partial charge is 0.313 e. The van der Waals surface area contributed by atoms with Gasteiger partial charge in [0.05, 0.1) is 5.75 Å². The number of nitrogens with zero attached hydrogens (tertiary/aromatic N) is 2. The van der Waals surface area contributed by atoms with Crippen molar-refractivity contribution in [3.05, 3.63) is 34.3 Å². The van der Waals surface area contributed by atoms with Gasteiger partial charge in [0, 0.05) is 29.2 Å². The normalized spacial score (nSPS) is 12.5. The zero-order valence-electron chi connectivity index (χ0n) is 11.6. The average Bonchev–Trinajstić information content (AvgIpc) is 3.04. The predicted molar refractivity (Wildman–Crippen MR) is 82.7 cm³/mol. The van der Waals surface area contributed by atoms with Crippen molar-refractivity contribution in [3.63, 3.8) is 0 Å². The van der Waals surface area contributed by atoms with E-state index in [0.717, 1.165) is 23.7 Å². The number of aliphatic carboxylic acids is 1. The van der Waals surface area contributed by atoms with Crippen molar-refractivity contribution in [2.45, 2.75) is 37.9 Å². The maximum atomic E-state index is 10.7. The Morgan fingerprint density at radius 2 is 2.40 bits per heavy atom. The Kier molecular flexibility index (Phi) is 5.25. The fourth-order valence-electron chi connectivity index (χ4n) is 2.15. The maximum Gasteiger partial charge on any atom is 0.313 e. The molecule has 0 spiro atoms. The largest absolute Gasteiger partial charge is 0.481 e. The van der Waals surface area contributed by atoms with E-state index < -0.39 is 5.97 Å². The highest BCUT2D eigenvalue weighted by Gasteiger charge is 2.16. The predicted octanol–water partition coefficient (Wildman–Crippen LogP) is 3.49. The maximum absolute atomic E-state index is 10.7. The van der Waals surface area contributed by atoms with Crippen molar-refractivity contribution >= 4 is 29.1 Å². The fraction of sp³-hybridized carbons (Fsp3) is 0.429. The molecule has 6 heteroatoms. The van der Waals surface area contributed by atoms with Crippen LogP contribution in [0, 0.1) is 0 Å². The highest BCUT2D eigenvalue weighted by Crippen LogP contribution is 2.26. The van der Waals surface area contributed by atoms with E-state index in [-0.39, 0.29) is 11.8 Å². The summed E-state index contributed by atoms with van der Waals surface area (Å²) in [6.45, 7) is 4.25. The number of carboxylic acids is 1. The molecule has 1 N–H and O–H groups in total. The van der Waals surface area contributed by atoms with E-state index in [9.17, 15) is 4.79 Å². The summed E-state index contributed by atoms with van der Waals surface area (Å²) < 4.78 is 2.17. The second kappa shape index (κ2) is 6.95. The molecule has 0 radical (unpaired) electrons. The highest BCUT2D eigenvalue weighted by atomic mass is 32.2. The third-order valence-electron chi connectivity index (χ3n) is 3.04. The molecular weight excluding hydrogens is 292 g/mol. The third-order valence-corrected chi connectivity index (χ3v) is 4.89. The lowest BCUT2D eigenvalue weighted by molar-refractivity contribution is -0.133. The molecule has 1 atom stereocenters. The molecule has 2 aromatic heterocycles. The number of aryl methyl sites for hydroxylation is 1. The van der Waals surface area contributed by atoms with E-state index >= 15 is 0 Å². The number of thioether (sulfide) groups is 1. The number of thiophene rings is 1. The van der Waals surface area contributed by atoms with Gasteiger partial charge in [-0.3, -0.25) is 4.79 Å². The third kappa shape index (κ3) is 3.64. The standard InChI is InChI=1S/C14H18N2O2S2/c1-3-11-8-15-14(20-9-13(17)18)16(11)10(2)7-12-5-4-6-19-12/h4-6,8,10H,3,7,9H2,1-2H3,(H,17,18). The first-order valence-corrected chi connectivity index (χ1v) is 8.41. The average molecular weight is 310 g/mol. The molecule has 0 saturated heterocycles. The van der Waals surface area contributed by atoms with Gasteiger partial charge in [-0.25, -0.2) is 4.98 Å². The van der Waals surface area contributed by atoms with Crippen LogP contribution < -0.4 is 0 Å². The molecule has 2 rings (SSSR count). The fourth-order valence-corrected chi connectivity index (χ4v) is 3.80. The lowest BCUT2D eigenvalue weighted by atomic mass is 10.2. The molecule has 0 saturated carbocycles. The molecule has 1 unspecified atom stereocenters. The molecule has 0 aliphatic rings. The Balaban J connectivity index is 2.18. The van der Waals surface area contributed by atoms with Crippen LogP contribution in [0.5, 0.6) is 0 Å². The van der Waals surface area contributed by atoms with Crippen molar-refractivity contribution in [3.8, 4) is 0 Å². The number of carbonyl (C=O) groups is 1. The molecule has 0 amide bonds. The molecule has 108 valence electrons. The molecule has 2 heterocycles. The number of hydrogen-bond donors (Lipinski definition) is 1. The Morgan fingerprint density at radius 3 is 3.00 bits per heavy atom. The van der Waals surface area contributed by atoms with E-state index in [4.69, 9.17) is 5.11 Å². The minimum atomic E-state index is -0.812. The Bertz CT molecular complexity index is 564. The van der Waals surface area contributed by atoms with Gasteiger partial charge >= 0.3 is 5.97 Å². The topological polar surface area (TPSA) is 55.1 Å². The van der Waals surface area contributed by atoms with Gasteiger partial charge in [-0.15, -0.1) is 11.3 Å². The van der Waals surface area contributed by atoms with Crippen molar-refractivity contribution in [1.82, 2.24) is 9.55 Å². The molecule has 4 nitrogen and oxygen atoms in total. The van der Waals surface area contributed by atoms with Gasteiger partial charge in [0.1, 0.15) is 0 Å². The number of rotatable bonds is 7. The molecule has 2 aromatic rings. The molecular formula is C14H18N2O2S2. The summed E-state index contributed by atoms with van der Waals surface area (Å²) in [5.74, 6) is -0.764. The summed E-state index contributed by atoms with van der Waals surface area (Å²) in [7, 11) is 0. The van der Waals surface area contributed by atoms with Gasteiger partial charge in [0.25, 0.3) is 0 Å². The molecule has 0 aliphatic heterocycles. The first-order chi connectivity index (χ1) is 9.61. The van der Waals surface area contributed by atoms with E-state index in [1.807, 2.05) is 6.20 Å². The van der Waals surface area contributed by atoms with Crippen LogP contribution in [0.3, 0.4) is 0 Å². The second-order valence-electron chi connectivity index (χ2n) is 4.57. The monoisotopic (exact) mass is 310 g/mol. The SMILES string of the molecule is CCc1cnc(SCC(=O)O)n1C(C)Cc1cccs1. The quantitative estimate of drug-likeness (QED) is 0.795. The van der Waals surface area contributed by atoms with Crippen LogP contribution in [0.4, 0.5) is 0 Å². The van der Waals surface area contributed by atoms with E-state index in [2.05, 4.69) is 40.9 Å². The molecule has 0 aromatic carbocycles. The molecule has 0 fully saturated rings. The highest BCUT2D eigenvalue weighted by molar-refractivity contribution is 7.99. The van der Waals surface area contributed by atoms with Crippen molar-refractivity contribution < 1.29 is 9.90 Å². The summed E-state index contributed by atoms with van der Waals surface area (Å²) in [5.41, 5.74) is 1.15.